The third kappa shape index (κ3) is 3.93. The molecule has 3 rings (SSSR count). The van der Waals surface area contributed by atoms with Crippen molar-refractivity contribution in [3.63, 3.8) is 0 Å². The molecule has 0 unspecified atom stereocenters. The van der Waals surface area contributed by atoms with E-state index in [1.807, 2.05) is 12.1 Å². The highest BCUT2D eigenvalue weighted by Crippen LogP contribution is 2.24. The molecule has 0 saturated heterocycles. The quantitative estimate of drug-likeness (QED) is 0.885. The van der Waals surface area contributed by atoms with Crippen molar-refractivity contribution >= 4 is 17.5 Å². The van der Waals surface area contributed by atoms with Crippen LogP contribution < -0.4 is 15.8 Å². The van der Waals surface area contributed by atoms with Crippen LogP contribution in [-0.2, 0) is 0 Å². The van der Waals surface area contributed by atoms with Crippen molar-refractivity contribution in [2.24, 2.45) is 5.73 Å². The van der Waals surface area contributed by atoms with Crippen molar-refractivity contribution in [2.45, 2.75) is 31.8 Å². The number of hydrogen-bond acceptors (Lipinski definition) is 3. The van der Waals surface area contributed by atoms with E-state index in [9.17, 15) is 9.59 Å². The number of carbonyl (C=O) groups is 2. The zero-order chi connectivity index (χ0) is 16.9. The number of primary amides is 1. The van der Waals surface area contributed by atoms with Crippen molar-refractivity contribution < 1.29 is 14.3 Å². The average Bonchev–Trinajstić information content (AvgIpc) is 3.08. The maximum Gasteiger partial charge on any atom is 0.255 e. The summed E-state index contributed by atoms with van der Waals surface area (Å²) in [5.74, 6) is 0.0118. The second-order valence-corrected chi connectivity index (χ2v) is 5.95. The Kier molecular flexibility index (Phi) is 4.79. The Morgan fingerprint density at radius 1 is 1.00 bits per heavy atom. The molecule has 1 saturated carbocycles. The zero-order valence-corrected chi connectivity index (χ0v) is 13.3. The molecule has 2 aromatic rings. The van der Waals surface area contributed by atoms with E-state index in [-0.39, 0.29) is 5.91 Å². The largest absolute Gasteiger partial charge is 0.490 e. The van der Waals surface area contributed by atoms with Crippen LogP contribution in [0.15, 0.2) is 48.5 Å². The number of rotatable bonds is 5. The van der Waals surface area contributed by atoms with Crippen LogP contribution in [0.25, 0.3) is 0 Å². The highest BCUT2D eigenvalue weighted by molar-refractivity contribution is 6.05. The van der Waals surface area contributed by atoms with Gasteiger partial charge in [0, 0.05) is 16.8 Å². The van der Waals surface area contributed by atoms with Crippen molar-refractivity contribution in [2.75, 3.05) is 5.32 Å². The molecule has 5 nitrogen and oxygen atoms in total. The molecule has 0 aromatic heterocycles. The van der Waals surface area contributed by atoms with Gasteiger partial charge in [-0.3, -0.25) is 9.59 Å². The summed E-state index contributed by atoms with van der Waals surface area (Å²) in [5, 5.41) is 2.76. The minimum absolute atomic E-state index is 0.246. The Bertz CT molecular complexity index is 735. The molecule has 3 N–H and O–H groups in total. The highest BCUT2D eigenvalue weighted by atomic mass is 16.5. The van der Waals surface area contributed by atoms with Gasteiger partial charge in [0.05, 0.1) is 6.10 Å². The van der Waals surface area contributed by atoms with Crippen LogP contribution in [-0.4, -0.2) is 17.9 Å². The van der Waals surface area contributed by atoms with Crippen LogP contribution in [0.2, 0.25) is 0 Å². The summed E-state index contributed by atoms with van der Waals surface area (Å²) in [7, 11) is 0. The summed E-state index contributed by atoms with van der Waals surface area (Å²) in [6.45, 7) is 0. The fraction of sp³-hybridized carbons (Fsp3) is 0.263. The molecule has 1 aliphatic carbocycles. The maximum atomic E-state index is 12.3. The molecule has 1 fully saturated rings. The lowest BCUT2D eigenvalue weighted by Crippen LogP contribution is -2.14. The standard InChI is InChI=1S/C19H20N2O3/c20-18(22)14-4-3-5-15(12-14)21-19(23)13-8-10-17(11-9-13)24-16-6-1-2-7-16/h3-5,8-12,16H,1-2,6-7H2,(H2,20,22)(H,21,23). The van der Waals surface area contributed by atoms with Crippen LogP contribution in [0.4, 0.5) is 5.69 Å². The monoisotopic (exact) mass is 324 g/mol. The first-order chi connectivity index (χ1) is 11.6. The number of benzene rings is 2. The third-order valence-electron chi connectivity index (χ3n) is 4.13. The third-order valence-corrected chi connectivity index (χ3v) is 4.13. The van der Waals surface area contributed by atoms with Crippen LogP contribution in [0.5, 0.6) is 5.75 Å². The van der Waals surface area contributed by atoms with Gasteiger partial charge in [-0.05, 0) is 68.1 Å². The van der Waals surface area contributed by atoms with Crippen molar-refractivity contribution in [3.8, 4) is 5.75 Å². The number of hydrogen-bond donors (Lipinski definition) is 2. The smallest absolute Gasteiger partial charge is 0.255 e. The molecule has 0 aliphatic heterocycles. The molecule has 0 radical (unpaired) electrons. The normalized spacial score (nSPS) is 14.3. The second kappa shape index (κ2) is 7.17. The van der Waals surface area contributed by atoms with Gasteiger partial charge in [-0.15, -0.1) is 0 Å². The first kappa shape index (κ1) is 16.1. The van der Waals surface area contributed by atoms with E-state index in [0.717, 1.165) is 18.6 Å². The van der Waals surface area contributed by atoms with Gasteiger partial charge in [0.2, 0.25) is 5.91 Å². The summed E-state index contributed by atoms with van der Waals surface area (Å²) in [5.41, 5.74) is 6.65. The fourth-order valence-corrected chi connectivity index (χ4v) is 2.84. The predicted octanol–water partition coefficient (Wildman–Crippen LogP) is 3.36. The Morgan fingerprint density at radius 2 is 1.71 bits per heavy atom. The van der Waals surface area contributed by atoms with Gasteiger partial charge in [0.1, 0.15) is 5.75 Å². The van der Waals surface area contributed by atoms with Gasteiger partial charge in [-0.2, -0.15) is 0 Å². The number of ether oxygens (including phenoxy) is 1. The molecule has 124 valence electrons. The average molecular weight is 324 g/mol. The van der Waals surface area contributed by atoms with Crippen molar-refractivity contribution in [1.82, 2.24) is 0 Å². The molecule has 2 amide bonds. The van der Waals surface area contributed by atoms with Gasteiger partial charge >= 0.3 is 0 Å². The molecule has 0 bridgehead atoms. The lowest BCUT2D eigenvalue weighted by atomic mass is 10.1. The summed E-state index contributed by atoms with van der Waals surface area (Å²) in [6, 6.07) is 13.6. The highest BCUT2D eigenvalue weighted by Gasteiger charge is 2.16. The SMILES string of the molecule is NC(=O)c1cccc(NC(=O)c2ccc(OC3CCCC3)cc2)c1. The van der Waals surface area contributed by atoms with E-state index in [4.69, 9.17) is 10.5 Å². The molecular formula is C19H20N2O3. The van der Waals surface area contributed by atoms with E-state index in [1.54, 1.807) is 36.4 Å². The Hall–Kier alpha value is -2.82. The zero-order valence-electron chi connectivity index (χ0n) is 13.3. The number of carbonyl (C=O) groups excluding carboxylic acids is 2. The molecule has 24 heavy (non-hydrogen) atoms. The molecule has 2 aromatic carbocycles. The second-order valence-electron chi connectivity index (χ2n) is 5.95. The lowest BCUT2D eigenvalue weighted by Gasteiger charge is -2.13. The number of nitrogens with one attached hydrogen (secondary N) is 1. The topological polar surface area (TPSA) is 81.4 Å². The van der Waals surface area contributed by atoms with E-state index in [0.29, 0.717) is 22.9 Å². The van der Waals surface area contributed by atoms with E-state index in [2.05, 4.69) is 5.32 Å². The fourth-order valence-electron chi connectivity index (χ4n) is 2.84. The molecular weight excluding hydrogens is 304 g/mol. The Balaban J connectivity index is 1.64. The first-order valence-electron chi connectivity index (χ1n) is 8.10. The van der Waals surface area contributed by atoms with Gasteiger partial charge < -0.3 is 15.8 Å². The van der Waals surface area contributed by atoms with Crippen molar-refractivity contribution in [3.05, 3.63) is 59.7 Å². The summed E-state index contributed by atoms with van der Waals surface area (Å²) in [4.78, 5) is 23.5. The number of nitrogens with two attached hydrogens (primary N) is 1. The molecule has 5 heteroatoms. The minimum Gasteiger partial charge on any atom is -0.490 e. The summed E-state index contributed by atoms with van der Waals surface area (Å²) in [6.07, 6.45) is 4.92. The van der Waals surface area contributed by atoms with E-state index >= 15 is 0 Å². The lowest BCUT2D eigenvalue weighted by molar-refractivity contribution is 0.0996. The van der Waals surface area contributed by atoms with Gasteiger partial charge in [-0.1, -0.05) is 6.07 Å². The van der Waals surface area contributed by atoms with Gasteiger partial charge in [-0.25, -0.2) is 0 Å². The molecule has 0 heterocycles. The minimum atomic E-state index is -0.528. The summed E-state index contributed by atoms with van der Waals surface area (Å²) < 4.78 is 5.89. The van der Waals surface area contributed by atoms with Crippen LogP contribution in [0.1, 0.15) is 46.4 Å². The van der Waals surface area contributed by atoms with Crippen LogP contribution in [0, 0.1) is 0 Å². The molecule has 0 atom stereocenters. The predicted molar refractivity (Wildman–Crippen MR) is 92.2 cm³/mol. The van der Waals surface area contributed by atoms with Gasteiger partial charge in [0.25, 0.3) is 5.91 Å². The number of amides is 2. The Morgan fingerprint density at radius 3 is 2.38 bits per heavy atom. The van der Waals surface area contributed by atoms with E-state index in [1.165, 1.54) is 12.8 Å². The molecule has 1 aliphatic rings. The van der Waals surface area contributed by atoms with Gasteiger partial charge in [0.15, 0.2) is 0 Å². The molecule has 0 spiro atoms. The van der Waals surface area contributed by atoms with E-state index < -0.39 is 5.91 Å². The van der Waals surface area contributed by atoms with Crippen LogP contribution in [0.3, 0.4) is 0 Å². The summed E-state index contributed by atoms with van der Waals surface area (Å²) >= 11 is 0. The Labute approximate surface area is 140 Å². The maximum absolute atomic E-state index is 12.3. The van der Waals surface area contributed by atoms with Crippen LogP contribution >= 0.6 is 0 Å². The van der Waals surface area contributed by atoms with Crippen molar-refractivity contribution in [1.29, 1.82) is 0 Å². The number of anilines is 1. The first-order valence-corrected chi connectivity index (χ1v) is 8.10.